The summed E-state index contributed by atoms with van der Waals surface area (Å²) >= 11 is 1.64. The molecule has 0 bridgehead atoms. The molecule has 0 aromatic carbocycles. The van der Waals surface area contributed by atoms with Crippen LogP contribution in [0.25, 0.3) is 0 Å². The maximum atomic E-state index is 9.22. The lowest BCUT2D eigenvalue weighted by Gasteiger charge is -1.98. The predicted molar refractivity (Wildman–Crippen MR) is 49.3 cm³/mol. The van der Waals surface area contributed by atoms with Crippen molar-refractivity contribution >= 4 is 22.2 Å². The van der Waals surface area contributed by atoms with Crippen LogP contribution in [0.2, 0.25) is 0 Å². The van der Waals surface area contributed by atoms with Gasteiger partial charge in [0.2, 0.25) is 15.4 Å². The number of hydrogen-bond donors (Lipinski definition) is 0. The van der Waals surface area contributed by atoms with Gasteiger partial charge >= 0.3 is 0 Å². The summed E-state index contributed by atoms with van der Waals surface area (Å²) in [5, 5.41) is 1.05. The van der Waals surface area contributed by atoms with E-state index >= 15 is 0 Å². The Kier molecular flexibility index (Phi) is 6.37. The highest BCUT2D eigenvalue weighted by molar-refractivity contribution is 7.98. The zero-order valence-electron chi connectivity index (χ0n) is 7.63. The first-order chi connectivity index (χ1) is 6.49. The average Bonchev–Trinajstić information content (AvgIpc) is 2.19. The average molecular weight is 238 g/mol. The summed E-state index contributed by atoms with van der Waals surface area (Å²) < 4.78 is 31.0. The molecule has 0 aliphatic carbocycles. The molecule has 0 unspecified atom stereocenters. The fraction of sp³-hybridized carbons (Fsp3) is 0.333. The largest absolute Gasteiger partial charge is 0.726 e. The van der Waals surface area contributed by atoms with Crippen LogP contribution in [0.15, 0.2) is 23.6 Å². The maximum absolute atomic E-state index is 9.22. The molecule has 1 aromatic rings. The third kappa shape index (κ3) is 7.92. The van der Waals surface area contributed by atoms with E-state index in [4.69, 9.17) is 0 Å². The summed E-state index contributed by atoms with van der Waals surface area (Å²) in [6.45, 7) is 0. The molecule has 0 radical (unpaired) electrons. The molecule has 14 heavy (non-hydrogen) atoms. The summed E-state index contributed by atoms with van der Waals surface area (Å²) in [5.41, 5.74) is 0. The maximum Gasteiger partial charge on any atom is 0.285 e. The Labute approximate surface area is 86.7 Å². The highest BCUT2D eigenvalue weighted by Crippen LogP contribution is 2.05. The second-order valence-corrected chi connectivity index (χ2v) is 3.85. The Balaban J connectivity index is 0.000000255. The van der Waals surface area contributed by atoms with Crippen LogP contribution in [-0.2, 0) is 14.6 Å². The van der Waals surface area contributed by atoms with Crippen molar-refractivity contribution in [3.05, 3.63) is 18.6 Å². The van der Waals surface area contributed by atoms with Gasteiger partial charge in [-0.1, -0.05) is 11.8 Å². The highest BCUT2D eigenvalue weighted by Gasteiger charge is 1.91. The van der Waals surface area contributed by atoms with E-state index in [1.54, 1.807) is 18.1 Å². The van der Waals surface area contributed by atoms with Crippen LogP contribution in [0, 0.1) is 0 Å². The summed E-state index contributed by atoms with van der Waals surface area (Å²) in [6, 6.07) is 1.94. The molecule has 0 saturated carbocycles. The minimum Gasteiger partial charge on any atom is -0.726 e. The van der Waals surface area contributed by atoms with Crippen LogP contribution in [0.5, 0.6) is 0 Å². The van der Waals surface area contributed by atoms with Crippen molar-refractivity contribution in [2.24, 2.45) is 0 Å². The molecular formula is C6H10N2O4S2. The van der Waals surface area contributed by atoms with Gasteiger partial charge in [-0.05, 0) is 11.2 Å². The number of nitrogens with one attached hydrogen (secondary N) is 1. The molecular weight excluding hydrogens is 228 g/mol. The monoisotopic (exact) mass is 238 g/mol. The Morgan fingerprint density at radius 3 is 2.43 bits per heavy atom. The summed E-state index contributed by atoms with van der Waals surface area (Å²) in [4.78, 5) is 6.85. The predicted octanol–water partition coefficient (Wildman–Crippen LogP) is -0.289. The second-order valence-electron chi connectivity index (χ2n) is 1.88. The number of thioether (sulfide) groups is 1. The van der Waals surface area contributed by atoms with Gasteiger partial charge in [0.1, 0.15) is 0 Å². The van der Waals surface area contributed by atoms with Crippen LogP contribution >= 0.6 is 11.8 Å². The number of aromatic amines is 1. The first-order valence-electron chi connectivity index (χ1n) is 3.37. The molecule has 6 nitrogen and oxygen atoms in total. The smallest absolute Gasteiger partial charge is 0.285 e. The van der Waals surface area contributed by atoms with Gasteiger partial charge in [0.15, 0.2) is 0 Å². The van der Waals surface area contributed by atoms with Crippen LogP contribution in [0.3, 0.4) is 0 Å². The molecule has 0 aliphatic heterocycles. The molecule has 1 aromatic heterocycles. The van der Waals surface area contributed by atoms with E-state index in [1.165, 1.54) is 0 Å². The van der Waals surface area contributed by atoms with Crippen LogP contribution in [-0.4, -0.2) is 31.3 Å². The molecule has 0 fully saturated rings. The normalized spacial score (nSPS) is 10.2. The van der Waals surface area contributed by atoms with Crippen molar-refractivity contribution in [2.45, 2.75) is 5.03 Å². The third-order valence-electron chi connectivity index (χ3n) is 1.00. The van der Waals surface area contributed by atoms with Gasteiger partial charge in [-0.15, -0.1) is 0 Å². The highest BCUT2D eigenvalue weighted by atomic mass is 32.3. The Hall–Kier alpha value is -0.700. The van der Waals surface area contributed by atoms with Crippen molar-refractivity contribution in [3.8, 4) is 0 Å². The van der Waals surface area contributed by atoms with Crippen LogP contribution in [0.4, 0.5) is 0 Å². The topological polar surface area (TPSA) is 93.5 Å². The molecule has 8 heteroatoms. The standard InChI is InChI=1S/C5H6N2S.CH4O4S/c1-8-5-2-3-6-4-7-5;1-5-6(2,3)4/h2-4H,1H3;1H3,(H,2,3,4). The number of aromatic nitrogens is 2. The quantitative estimate of drug-likeness (QED) is 0.304. The minimum atomic E-state index is -4.41. The van der Waals surface area contributed by atoms with Crippen LogP contribution < -0.4 is 4.98 Å². The Bertz CT molecular complexity index is 340. The lowest BCUT2D eigenvalue weighted by Crippen LogP contribution is -1.99. The number of hydrogen-bond acceptors (Lipinski definition) is 6. The van der Waals surface area contributed by atoms with Crippen molar-refractivity contribution in [2.75, 3.05) is 13.4 Å². The molecule has 0 spiro atoms. The van der Waals surface area contributed by atoms with Gasteiger partial charge in [0, 0.05) is 6.07 Å². The molecule has 0 amide bonds. The van der Waals surface area contributed by atoms with Gasteiger partial charge in [-0.2, -0.15) is 0 Å². The van der Waals surface area contributed by atoms with Gasteiger partial charge in [0.05, 0.1) is 13.3 Å². The van der Waals surface area contributed by atoms with Gasteiger partial charge in [-0.25, -0.2) is 8.42 Å². The fourth-order valence-electron chi connectivity index (χ4n) is 0.427. The van der Waals surface area contributed by atoms with Crippen molar-refractivity contribution in [1.82, 2.24) is 4.98 Å². The SMILES string of the molecule is COS(=O)(=O)[O-].CSc1cc[nH+]cn1. The zero-order valence-corrected chi connectivity index (χ0v) is 9.26. The molecule has 0 atom stereocenters. The van der Waals surface area contributed by atoms with E-state index in [1.807, 2.05) is 18.5 Å². The summed E-state index contributed by atoms with van der Waals surface area (Å²) in [6.07, 6.45) is 5.53. The minimum absolute atomic E-state index is 0.808. The lowest BCUT2D eigenvalue weighted by molar-refractivity contribution is -0.383. The first-order valence-corrected chi connectivity index (χ1v) is 5.93. The van der Waals surface area contributed by atoms with Gasteiger partial charge in [-0.3, -0.25) is 9.17 Å². The van der Waals surface area contributed by atoms with Crippen LogP contribution in [0.1, 0.15) is 0 Å². The molecule has 0 aliphatic rings. The first kappa shape index (κ1) is 13.3. The van der Waals surface area contributed by atoms with Crippen molar-refractivity contribution < 1.29 is 22.1 Å². The Morgan fingerprint density at radius 1 is 1.64 bits per heavy atom. The molecule has 1 rings (SSSR count). The molecule has 80 valence electrons. The molecule has 1 N–H and O–H groups in total. The third-order valence-corrected chi connectivity index (χ3v) is 2.07. The second kappa shape index (κ2) is 6.71. The van der Waals surface area contributed by atoms with E-state index < -0.39 is 10.4 Å². The van der Waals surface area contributed by atoms with E-state index in [0.717, 1.165) is 12.1 Å². The van der Waals surface area contributed by atoms with E-state index in [0.29, 0.717) is 0 Å². The van der Waals surface area contributed by atoms with Crippen molar-refractivity contribution in [3.63, 3.8) is 0 Å². The number of rotatable bonds is 2. The Morgan fingerprint density at radius 2 is 2.21 bits per heavy atom. The lowest BCUT2D eigenvalue weighted by atomic mass is 10.7. The molecule has 1 heterocycles. The zero-order chi connectivity index (χ0) is 11.0. The number of H-pyrrole nitrogens is 1. The van der Waals surface area contributed by atoms with Gasteiger partial charge < -0.3 is 4.55 Å². The number of nitrogens with zero attached hydrogens (tertiary/aromatic N) is 1. The van der Waals surface area contributed by atoms with Gasteiger partial charge in [0.25, 0.3) is 6.33 Å². The van der Waals surface area contributed by atoms with E-state index in [-0.39, 0.29) is 0 Å². The van der Waals surface area contributed by atoms with Crippen molar-refractivity contribution in [1.29, 1.82) is 0 Å². The van der Waals surface area contributed by atoms with E-state index in [2.05, 4.69) is 14.2 Å². The fourth-order valence-corrected chi connectivity index (χ4v) is 0.789. The summed E-state index contributed by atoms with van der Waals surface area (Å²) in [5.74, 6) is 0. The summed E-state index contributed by atoms with van der Waals surface area (Å²) in [7, 11) is -3.60. The van der Waals surface area contributed by atoms with E-state index in [9.17, 15) is 13.0 Å². The molecule has 0 saturated heterocycles.